The lowest BCUT2D eigenvalue weighted by atomic mass is 10.2. The maximum absolute atomic E-state index is 10.5. The molecule has 0 heterocycles. The predicted molar refractivity (Wildman–Crippen MR) is 51.1 cm³/mol. The van der Waals surface area contributed by atoms with Crippen molar-refractivity contribution in [1.29, 1.82) is 0 Å². The van der Waals surface area contributed by atoms with E-state index in [-0.39, 0.29) is 6.54 Å². The summed E-state index contributed by atoms with van der Waals surface area (Å²) in [7, 11) is -3.58. The zero-order chi connectivity index (χ0) is 9.90. The molecule has 3 N–H and O–H groups in total. The molecule has 0 saturated carbocycles. The van der Waals surface area contributed by atoms with Crippen LogP contribution in [0.4, 0.5) is 0 Å². The highest BCUT2D eigenvalue weighted by atomic mass is 32.2. The zero-order valence-corrected chi connectivity index (χ0v) is 8.14. The van der Waals surface area contributed by atoms with E-state index in [0.717, 1.165) is 11.1 Å². The molecule has 1 aromatic carbocycles. The number of hydrogen-bond acceptors (Lipinski definition) is 2. The Balaban J connectivity index is 2.61. The second-order valence-corrected chi connectivity index (χ2v) is 4.23. The highest BCUT2D eigenvalue weighted by molar-refractivity contribution is 7.87. The fraction of sp³-hybridized carbons (Fsp3) is 0.250. The molecule has 0 unspecified atom stereocenters. The molecule has 0 fully saturated rings. The number of rotatable bonds is 3. The van der Waals surface area contributed by atoms with Crippen molar-refractivity contribution < 1.29 is 8.42 Å². The van der Waals surface area contributed by atoms with Crippen LogP contribution in [0.5, 0.6) is 0 Å². The minimum Gasteiger partial charge on any atom is -0.216 e. The van der Waals surface area contributed by atoms with Crippen LogP contribution >= 0.6 is 0 Å². The van der Waals surface area contributed by atoms with E-state index < -0.39 is 10.2 Å². The molecule has 1 aromatic rings. The summed E-state index contributed by atoms with van der Waals surface area (Å²) < 4.78 is 23.3. The van der Waals surface area contributed by atoms with E-state index in [2.05, 4.69) is 4.72 Å². The molecular weight excluding hydrogens is 188 g/mol. The van der Waals surface area contributed by atoms with Gasteiger partial charge in [-0.25, -0.2) is 5.14 Å². The van der Waals surface area contributed by atoms with Crippen LogP contribution in [0.1, 0.15) is 11.1 Å². The average Bonchev–Trinajstić information content (AvgIpc) is 2.02. The molecular formula is C8H12N2O2S. The third-order valence-electron chi connectivity index (χ3n) is 1.60. The van der Waals surface area contributed by atoms with E-state index in [9.17, 15) is 8.42 Å². The Kier molecular flexibility index (Phi) is 3.02. The first-order valence-electron chi connectivity index (χ1n) is 3.80. The third kappa shape index (κ3) is 4.02. The van der Waals surface area contributed by atoms with Crippen molar-refractivity contribution in [2.24, 2.45) is 5.14 Å². The number of nitrogens with one attached hydrogen (secondary N) is 1. The van der Waals surface area contributed by atoms with Crippen molar-refractivity contribution in [3.05, 3.63) is 35.4 Å². The summed E-state index contributed by atoms with van der Waals surface area (Å²) in [6.45, 7) is 2.20. The molecule has 0 aliphatic heterocycles. The van der Waals surface area contributed by atoms with Crippen LogP contribution in [-0.4, -0.2) is 8.42 Å². The largest absolute Gasteiger partial charge is 0.274 e. The van der Waals surface area contributed by atoms with Gasteiger partial charge in [-0.15, -0.1) is 0 Å². The summed E-state index contributed by atoms with van der Waals surface area (Å²) in [5.74, 6) is 0. The SMILES string of the molecule is Cc1ccc(CNS(N)(=O)=O)cc1. The lowest BCUT2D eigenvalue weighted by Gasteiger charge is -2.02. The number of hydrogen-bond donors (Lipinski definition) is 2. The van der Waals surface area contributed by atoms with Crippen molar-refractivity contribution in [3.8, 4) is 0 Å². The van der Waals surface area contributed by atoms with Gasteiger partial charge in [0.2, 0.25) is 0 Å². The first kappa shape index (κ1) is 10.2. The van der Waals surface area contributed by atoms with Crippen LogP contribution in [-0.2, 0) is 16.8 Å². The van der Waals surface area contributed by atoms with Crippen LogP contribution < -0.4 is 9.86 Å². The quantitative estimate of drug-likeness (QED) is 0.736. The van der Waals surface area contributed by atoms with E-state index >= 15 is 0 Å². The minimum atomic E-state index is -3.58. The topological polar surface area (TPSA) is 72.2 Å². The predicted octanol–water partition coefficient (Wildman–Crippen LogP) is 0.288. The number of nitrogens with two attached hydrogens (primary N) is 1. The Morgan fingerprint density at radius 1 is 1.31 bits per heavy atom. The Hall–Kier alpha value is -0.910. The minimum absolute atomic E-state index is 0.235. The normalized spacial score (nSPS) is 11.5. The first-order chi connectivity index (χ1) is 5.97. The molecule has 0 bridgehead atoms. The van der Waals surface area contributed by atoms with Gasteiger partial charge in [0.1, 0.15) is 0 Å². The van der Waals surface area contributed by atoms with Crippen LogP contribution in [0, 0.1) is 6.92 Å². The van der Waals surface area contributed by atoms with Gasteiger partial charge in [0.05, 0.1) is 0 Å². The smallest absolute Gasteiger partial charge is 0.216 e. The molecule has 13 heavy (non-hydrogen) atoms. The molecule has 0 saturated heterocycles. The van der Waals surface area contributed by atoms with Gasteiger partial charge in [-0.3, -0.25) is 0 Å². The van der Waals surface area contributed by atoms with E-state index in [0.29, 0.717) is 0 Å². The monoisotopic (exact) mass is 200 g/mol. The van der Waals surface area contributed by atoms with Crippen LogP contribution in [0.3, 0.4) is 0 Å². The summed E-state index contributed by atoms with van der Waals surface area (Å²) in [6.07, 6.45) is 0. The Morgan fingerprint density at radius 3 is 2.31 bits per heavy atom. The Labute approximate surface area is 77.9 Å². The second-order valence-electron chi connectivity index (χ2n) is 2.85. The summed E-state index contributed by atoms with van der Waals surface area (Å²) in [5.41, 5.74) is 2.03. The standard InChI is InChI=1S/C8H12N2O2S/c1-7-2-4-8(5-3-7)6-10-13(9,11)12/h2-5,10H,6H2,1H3,(H2,9,11,12). The van der Waals surface area contributed by atoms with Crippen LogP contribution in [0.15, 0.2) is 24.3 Å². The molecule has 1 rings (SSSR count). The van der Waals surface area contributed by atoms with Gasteiger partial charge in [0, 0.05) is 6.54 Å². The van der Waals surface area contributed by atoms with Crippen molar-refractivity contribution in [2.45, 2.75) is 13.5 Å². The lowest BCUT2D eigenvalue weighted by molar-refractivity contribution is 0.583. The summed E-state index contributed by atoms with van der Waals surface area (Å²) in [5, 5.41) is 4.77. The van der Waals surface area contributed by atoms with Gasteiger partial charge in [-0.2, -0.15) is 13.1 Å². The van der Waals surface area contributed by atoms with E-state index in [1.807, 2.05) is 31.2 Å². The van der Waals surface area contributed by atoms with Gasteiger partial charge < -0.3 is 0 Å². The summed E-state index contributed by atoms with van der Waals surface area (Å²) in [4.78, 5) is 0. The second kappa shape index (κ2) is 3.87. The summed E-state index contributed by atoms with van der Waals surface area (Å²) >= 11 is 0. The first-order valence-corrected chi connectivity index (χ1v) is 5.35. The molecule has 0 aromatic heterocycles. The highest BCUT2D eigenvalue weighted by Gasteiger charge is 2.00. The molecule has 0 radical (unpaired) electrons. The molecule has 0 aliphatic rings. The molecule has 0 aliphatic carbocycles. The molecule has 5 heteroatoms. The van der Waals surface area contributed by atoms with Crippen molar-refractivity contribution in [1.82, 2.24) is 4.72 Å². The highest BCUT2D eigenvalue weighted by Crippen LogP contribution is 2.02. The van der Waals surface area contributed by atoms with Gasteiger partial charge in [-0.1, -0.05) is 29.8 Å². The van der Waals surface area contributed by atoms with Crippen molar-refractivity contribution >= 4 is 10.2 Å². The Morgan fingerprint density at radius 2 is 1.85 bits per heavy atom. The number of aryl methyl sites for hydroxylation is 1. The molecule has 4 nitrogen and oxygen atoms in total. The van der Waals surface area contributed by atoms with Crippen molar-refractivity contribution in [2.75, 3.05) is 0 Å². The van der Waals surface area contributed by atoms with Crippen molar-refractivity contribution in [3.63, 3.8) is 0 Å². The zero-order valence-electron chi connectivity index (χ0n) is 7.32. The fourth-order valence-corrected chi connectivity index (χ4v) is 1.26. The molecule has 0 amide bonds. The van der Waals surface area contributed by atoms with Gasteiger partial charge >= 0.3 is 0 Å². The van der Waals surface area contributed by atoms with E-state index in [1.165, 1.54) is 0 Å². The molecule has 72 valence electrons. The molecule has 0 atom stereocenters. The average molecular weight is 200 g/mol. The maximum Gasteiger partial charge on any atom is 0.274 e. The van der Waals surface area contributed by atoms with E-state index in [1.54, 1.807) is 0 Å². The maximum atomic E-state index is 10.5. The van der Waals surface area contributed by atoms with Gasteiger partial charge in [-0.05, 0) is 12.5 Å². The number of benzene rings is 1. The van der Waals surface area contributed by atoms with E-state index in [4.69, 9.17) is 5.14 Å². The van der Waals surface area contributed by atoms with Crippen LogP contribution in [0.25, 0.3) is 0 Å². The summed E-state index contributed by atoms with van der Waals surface area (Å²) in [6, 6.07) is 7.54. The fourth-order valence-electron chi connectivity index (χ4n) is 0.890. The Bertz CT molecular complexity index is 370. The third-order valence-corrected chi connectivity index (χ3v) is 2.14. The van der Waals surface area contributed by atoms with Gasteiger partial charge in [0.15, 0.2) is 0 Å². The van der Waals surface area contributed by atoms with Crippen LogP contribution in [0.2, 0.25) is 0 Å². The van der Waals surface area contributed by atoms with Gasteiger partial charge in [0.25, 0.3) is 10.2 Å². The lowest BCUT2D eigenvalue weighted by Crippen LogP contribution is -2.30. The molecule has 0 spiro atoms.